The van der Waals surface area contributed by atoms with Crippen molar-refractivity contribution in [2.75, 3.05) is 5.73 Å². The van der Waals surface area contributed by atoms with E-state index in [0.717, 1.165) is 35.1 Å². The fraction of sp³-hybridized carbons (Fsp3) is 0.250. The van der Waals surface area contributed by atoms with Gasteiger partial charge in [-0.15, -0.1) is 0 Å². The van der Waals surface area contributed by atoms with Gasteiger partial charge in [0.2, 0.25) is 0 Å². The first-order valence-corrected chi connectivity index (χ1v) is 6.95. The number of hydrogen-bond donors (Lipinski definition) is 1. The lowest BCUT2D eigenvalue weighted by Crippen LogP contribution is -2.05. The molecule has 2 aromatic rings. The van der Waals surface area contributed by atoms with E-state index < -0.39 is 0 Å². The molecule has 1 aliphatic carbocycles. The molecule has 3 heteroatoms. The van der Waals surface area contributed by atoms with E-state index in [1.165, 1.54) is 24.0 Å². The fourth-order valence-electron chi connectivity index (χ4n) is 2.55. The molecule has 0 bridgehead atoms. The van der Waals surface area contributed by atoms with Gasteiger partial charge in [-0.05, 0) is 73.2 Å². The van der Waals surface area contributed by atoms with Crippen LogP contribution in [-0.2, 0) is 12.8 Å². The Morgan fingerprint density at radius 2 is 1.58 bits per heavy atom. The standard InChI is InChI=1S/C16H16ClNO/c17-15-9-10-16(14-4-2-1-3-13(14)15)19-12-7-5-11(18)6-8-12/h5-10H,1-4,18H2. The molecule has 1 aliphatic rings. The van der Waals surface area contributed by atoms with Crippen LogP contribution in [0.25, 0.3) is 0 Å². The predicted molar refractivity (Wildman–Crippen MR) is 79.0 cm³/mol. The molecule has 0 aliphatic heterocycles. The average Bonchev–Trinajstić information content (AvgIpc) is 2.45. The van der Waals surface area contributed by atoms with E-state index in [1.54, 1.807) is 0 Å². The van der Waals surface area contributed by atoms with E-state index in [0.29, 0.717) is 0 Å². The average molecular weight is 274 g/mol. The van der Waals surface area contributed by atoms with Crippen LogP contribution in [0.5, 0.6) is 11.5 Å². The summed E-state index contributed by atoms with van der Waals surface area (Å²) in [6, 6.07) is 11.4. The number of benzene rings is 2. The molecule has 0 aromatic heterocycles. The van der Waals surface area contributed by atoms with Crippen molar-refractivity contribution in [1.29, 1.82) is 0 Å². The molecule has 3 rings (SSSR count). The quantitative estimate of drug-likeness (QED) is 0.812. The minimum Gasteiger partial charge on any atom is -0.457 e. The van der Waals surface area contributed by atoms with E-state index >= 15 is 0 Å². The number of halogens is 1. The Labute approximate surface area is 118 Å². The molecule has 0 saturated carbocycles. The lowest BCUT2D eigenvalue weighted by Gasteiger charge is -2.20. The van der Waals surface area contributed by atoms with E-state index in [2.05, 4.69) is 0 Å². The number of rotatable bonds is 2. The van der Waals surface area contributed by atoms with E-state index in [9.17, 15) is 0 Å². The number of nitrogens with two attached hydrogens (primary N) is 1. The lowest BCUT2D eigenvalue weighted by molar-refractivity contribution is 0.470. The van der Waals surface area contributed by atoms with Crippen LogP contribution in [0.4, 0.5) is 5.69 Å². The van der Waals surface area contributed by atoms with Crippen LogP contribution < -0.4 is 10.5 Å². The van der Waals surface area contributed by atoms with Crippen LogP contribution in [-0.4, -0.2) is 0 Å². The maximum absolute atomic E-state index is 6.27. The van der Waals surface area contributed by atoms with Crippen molar-refractivity contribution in [3.8, 4) is 11.5 Å². The van der Waals surface area contributed by atoms with Crippen molar-refractivity contribution in [1.82, 2.24) is 0 Å². The lowest BCUT2D eigenvalue weighted by atomic mass is 9.91. The van der Waals surface area contributed by atoms with Gasteiger partial charge in [-0.3, -0.25) is 0 Å². The zero-order valence-corrected chi connectivity index (χ0v) is 11.4. The van der Waals surface area contributed by atoms with Crippen molar-refractivity contribution < 1.29 is 4.74 Å². The van der Waals surface area contributed by atoms with Crippen LogP contribution in [0, 0.1) is 0 Å². The molecule has 2 aromatic carbocycles. The van der Waals surface area contributed by atoms with E-state index in [1.807, 2.05) is 36.4 Å². The Morgan fingerprint density at radius 1 is 0.895 bits per heavy atom. The fourth-order valence-corrected chi connectivity index (χ4v) is 2.82. The third-order valence-corrected chi connectivity index (χ3v) is 3.90. The Kier molecular flexibility index (Phi) is 3.34. The minimum atomic E-state index is 0.741. The van der Waals surface area contributed by atoms with Crippen molar-refractivity contribution in [2.24, 2.45) is 0 Å². The first-order chi connectivity index (χ1) is 9.24. The Hall–Kier alpha value is -1.67. The number of ether oxygens (including phenoxy) is 1. The summed E-state index contributed by atoms with van der Waals surface area (Å²) < 4.78 is 5.97. The summed E-state index contributed by atoms with van der Waals surface area (Å²) >= 11 is 6.27. The normalized spacial score (nSPS) is 13.9. The highest BCUT2D eigenvalue weighted by Crippen LogP contribution is 2.36. The van der Waals surface area contributed by atoms with E-state index in [-0.39, 0.29) is 0 Å². The Bertz CT molecular complexity index is 592. The van der Waals surface area contributed by atoms with Gasteiger partial charge < -0.3 is 10.5 Å². The molecular formula is C16H16ClNO. The highest BCUT2D eigenvalue weighted by Gasteiger charge is 2.17. The predicted octanol–water partition coefficient (Wildman–Crippen LogP) is 4.59. The second-order valence-electron chi connectivity index (χ2n) is 4.88. The molecule has 19 heavy (non-hydrogen) atoms. The molecule has 0 fully saturated rings. The Morgan fingerprint density at radius 3 is 2.32 bits per heavy atom. The van der Waals surface area contributed by atoms with Gasteiger partial charge in [0.25, 0.3) is 0 Å². The van der Waals surface area contributed by atoms with Crippen molar-refractivity contribution in [3.63, 3.8) is 0 Å². The SMILES string of the molecule is Nc1ccc(Oc2ccc(Cl)c3c2CCCC3)cc1. The summed E-state index contributed by atoms with van der Waals surface area (Å²) in [5.74, 6) is 1.73. The third kappa shape index (κ3) is 2.54. The topological polar surface area (TPSA) is 35.2 Å². The molecule has 98 valence electrons. The first kappa shape index (κ1) is 12.4. The maximum atomic E-state index is 6.27. The van der Waals surface area contributed by atoms with Crippen LogP contribution in [0.2, 0.25) is 5.02 Å². The summed E-state index contributed by atoms with van der Waals surface area (Å²) in [6.07, 6.45) is 4.50. The molecule has 0 atom stereocenters. The van der Waals surface area contributed by atoms with Gasteiger partial charge in [-0.1, -0.05) is 11.6 Å². The Balaban J connectivity index is 1.95. The van der Waals surface area contributed by atoms with Gasteiger partial charge in [-0.25, -0.2) is 0 Å². The number of hydrogen-bond acceptors (Lipinski definition) is 2. The highest BCUT2D eigenvalue weighted by atomic mass is 35.5. The summed E-state index contributed by atoms with van der Waals surface area (Å²) in [7, 11) is 0. The van der Waals surface area contributed by atoms with Crippen molar-refractivity contribution >= 4 is 17.3 Å². The second kappa shape index (κ2) is 5.14. The molecule has 0 unspecified atom stereocenters. The molecule has 0 amide bonds. The molecule has 2 N–H and O–H groups in total. The van der Waals surface area contributed by atoms with Gasteiger partial charge in [0.15, 0.2) is 0 Å². The zero-order valence-electron chi connectivity index (χ0n) is 10.7. The largest absolute Gasteiger partial charge is 0.457 e. The number of fused-ring (bicyclic) bond motifs is 1. The zero-order chi connectivity index (χ0) is 13.2. The number of nitrogen functional groups attached to an aromatic ring is 1. The number of anilines is 1. The van der Waals surface area contributed by atoms with Gasteiger partial charge in [0.05, 0.1) is 0 Å². The van der Waals surface area contributed by atoms with Gasteiger partial charge >= 0.3 is 0 Å². The van der Waals surface area contributed by atoms with E-state index in [4.69, 9.17) is 22.1 Å². The van der Waals surface area contributed by atoms with Crippen molar-refractivity contribution in [2.45, 2.75) is 25.7 Å². The third-order valence-electron chi connectivity index (χ3n) is 3.54. The first-order valence-electron chi connectivity index (χ1n) is 6.58. The monoisotopic (exact) mass is 273 g/mol. The molecule has 0 spiro atoms. The van der Waals surface area contributed by atoms with Crippen LogP contribution >= 0.6 is 11.6 Å². The molecular weight excluding hydrogens is 258 g/mol. The molecule has 0 heterocycles. The van der Waals surface area contributed by atoms with Crippen LogP contribution in [0.1, 0.15) is 24.0 Å². The molecule has 2 nitrogen and oxygen atoms in total. The van der Waals surface area contributed by atoms with Gasteiger partial charge in [-0.2, -0.15) is 0 Å². The minimum absolute atomic E-state index is 0.741. The van der Waals surface area contributed by atoms with Gasteiger partial charge in [0, 0.05) is 10.7 Å². The summed E-state index contributed by atoms with van der Waals surface area (Å²) in [6.45, 7) is 0. The second-order valence-corrected chi connectivity index (χ2v) is 5.29. The molecule has 0 saturated heterocycles. The van der Waals surface area contributed by atoms with Crippen molar-refractivity contribution in [3.05, 3.63) is 52.5 Å². The van der Waals surface area contributed by atoms with Gasteiger partial charge in [0.1, 0.15) is 11.5 Å². The summed E-state index contributed by atoms with van der Waals surface area (Å²) in [4.78, 5) is 0. The van der Waals surface area contributed by atoms with Crippen LogP contribution in [0.15, 0.2) is 36.4 Å². The maximum Gasteiger partial charge on any atom is 0.130 e. The highest BCUT2D eigenvalue weighted by molar-refractivity contribution is 6.31. The molecule has 0 radical (unpaired) electrons. The van der Waals surface area contributed by atoms with Crippen LogP contribution in [0.3, 0.4) is 0 Å². The smallest absolute Gasteiger partial charge is 0.130 e. The summed E-state index contributed by atoms with van der Waals surface area (Å²) in [5, 5.41) is 0.861. The summed E-state index contributed by atoms with van der Waals surface area (Å²) in [5.41, 5.74) is 8.93.